The third-order valence-corrected chi connectivity index (χ3v) is 6.95. The van der Waals surface area contributed by atoms with E-state index in [1.807, 2.05) is 45.0 Å². The molecule has 3 nitrogen and oxygen atoms in total. The molecule has 4 heteroatoms. The van der Waals surface area contributed by atoms with Gasteiger partial charge in [0.05, 0.1) is 11.3 Å². The number of benzene rings is 2. The van der Waals surface area contributed by atoms with Crippen molar-refractivity contribution in [3.63, 3.8) is 0 Å². The first-order valence-corrected chi connectivity index (χ1v) is 12.6. The van der Waals surface area contributed by atoms with Gasteiger partial charge in [0.2, 0.25) is 0 Å². The number of thiazole rings is 1. The number of hydrogen-bond donors (Lipinski definition) is 0. The van der Waals surface area contributed by atoms with E-state index in [0.29, 0.717) is 5.56 Å². The number of esters is 1. The van der Waals surface area contributed by atoms with Crippen LogP contribution in [0, 0.1) is 5.92 Å². The minimum Gasteiger partial charge on any atom is -0.456 e. The van der Waals surface area contributed by atoms with Gasteiger partial charge < -0.3 is 4.74 Å². The van der Waals surface area contributed by atoms with Gasteiger partial charge >= 0.3 is 5.97 Å². The Kier molecular flexibility index (Phi) is 7.10. The molecular formula is C28H33NO2S. The fraction of sp³-hybridized carbons (Fsp3) is 0.429. The standard InChI is InChI=1S/C28H33NO2S/c1-28(2,3)31-27(30)23-16-14-22(15-17-23)26-29-25(19-32-26)24-11-7-10-21(18-24)13-12-20-8-5-4-6-9-20/h7,10-11,14-20H,4-6,8-9,12-13H2,1-3H3. The number of ether oxygens (including phenoxy) is 1. The second kappa shape index (κ2) is 9.99. The quantitative estimate of drug-likeness (QED) is 0.360. The first-order valence-electron chi connectivity index (χ1n) is 11.8. The molecule has 1 aliphatic rings. The lowest BCUT2D eigenvalue weighted by Crippen LogP contribution is -2.23. The largest absolute Gasteiger partial charge is 0.456 e. The van der Waals surface area contributed by atoms with E-state index in [9.17, 15) is 4.79 Å². The van der Waals surface area contributed by atoms with Crippen LogP contribution >= 0.6 is 11.3 Å². The summed E-state index contributed by atoms with van der Waals surface area (Å²) in [5.74, 6) is 0.607. The zero-order valence-electron chi connectivity index (χ0n) is 19.4. The minimum atomic E-state index is -0.495. The smallest absolute Gasteiger partial charge is 0.338 e. The van der Waals surface area contributed by atoms with Gasteiger partial charge in [-0.1, -0.05) is 62.4 Å². The van der Waals surface area contributed by atoms with Gasteiger partial charge in [0, 0.05) is 16.5 Å². The van der Waals surface area contributed by atoms with E-state index in [1.54, 1.807) is 11.3 Å². The molecule has 0 spiro atoms. The van der Waals surface area contributed by atoms with Crippen LogP contribution in [0.25, 0.3) is 21.8 Å². The topological polar surface area (TPSA) is 39.2 Å². The molecular weight excluding hydrogens is 414 g/mol. The lowest BCUT2D eigenvalue weighted by Gasteiger charge is -2.21. The Balaban J connectivity index is 1.42. The maximum absolute atomic E-state index is 12.2. The highest BCUT2D eigenvalue weighted by Crippen LogP contribution is 2.31. The van der Waals surface area contributed by atoms with E-state index >= 15 is 0 Å². The number of hydrogen-bond acceptors (Lipinski definition) is 4. The van der Waals surface area contributed by atoms with Crippen molar-refractivity contribution in [2.24, 2.45) is 5.92 Å². The van der Waals surface area contributed by atoms with Gasteiger partial charge in [-0.25, -0.2) is 9.78 Å². The summed E-state index contributed by atoms with van der Waals surface area (Å²) in [5.41, 5.74) is 4.68. The number of carbonyl (C=O) groups excluding carboxylic acids is 1. The molecule has 0 amide bonds. The predicted molar refractivity (Wildman–Crippen MR) is 133 cm³/mol. The summed E-state index contributed by atoms with van der Waals surface area (Å²) in [6.45, 7) is 5.63. The van der Waals surface area contributed by atoms with Gasteiger partial charge in [0.15, 0.2) is 0 Å². The zero-order valence-corrected chi connectivity index (χ0v) is 20.2. The zero-order chi connectivity index (χ0) is 22.6. The van der Waals surface area contributed by atoms with Crippen molar-refractivity contribution in [3.8, 4) is 21.8 Å². The summed E-state index contributed by atoms with van der Waals surface area (Å²) in [4.78, 5) is 17.1. The number of nitrogens with zero attached hydrogens (tertiary/aromatic N) is 1. The molecule has 1 aromatic heterocycles. The lowest BCUT2D eigenvalue weighted by atomic mass is 9.85. The van der Waals surface area contributed by atoms with E-state index in [0.717, 1.165) is 28.6 Å². The maximum atomic E-state index is 12.2. The summed E-state index contributed by atoms with van der Waals surface area (Å²) in [7, 11) is 0. The summed E-state index contributed by atoms with van der Waals surface area (Å²) >= 11 is 1.64. The SMILES string of the molecule is CC(C)(C)OC(=O)c1ccc(-c2nc(-c3cccc(CCC4CCCCC4)c3)cs2)cc1. The van der Waals surface area contributed by atoms with Gasteiger partial charge in [-0.3, -0.25) is 0 Å². The van der Waals surface area contributed by atoms with Crippen LogP contribution in [0.2, 0.25) is 0 Å². The van der Waals surface area contributed by atoms with Crippen LogP contribution in [-0.4, -0.2) is 16.6 Å². The molecule has 1 aliphatic carbocycles. The van der Waals surface area contributed by atoms with E-state index in [-0.39, 0.29) is 5.97 Å². The highest BCUT2D eigenvalue weighted by Gasteiger charge is 2.18. The van der Waals surface area contributed by atoms with E-state index < -0.39 is 5.60 Å². The molecule has 0 aliphatic heterocycles. The molecule has 1 saturated carbocycles. The molecule has 3 aromatic rings. The number of carbonyl (C=O) groups is 1. The minimum absolute atomic E-state index is 0.297. The Bertz CT molecular complexity index is 1040. The summed E-state index contributed by atoms with van der Waals surface area (Å²) in [5, 5.41) is 3.08. The highest BCUT2D eigenvalue weighted by molar-refractivity contribution is 7.13. The van der Waals surface area contributed by atoms with Gasteiger partial charge in [-0.2, -0.15) is 0 Å². The number of aryl methyl sites for hydroxylation is 1. The Morgan fingerprint density at radius 2 is 1.78 bits per heavy atom. The van der Waals surface area contributed by atoms with Crippen molar-refractivity contribution in [1.29, 1.82) is 0 Å². The van der Waals surface area contributed by atoms with Crippen LogP contribution < -0.4 is 0 Å². The molecule has 1 fully saturated rings. The number of rotatable bonds is 6. The summed E-state index contributed by atoms with van der Waals surface area (Å²) < 4.78 is 5.45. The Hall–Kier alpha value is -2.46. The predicted octanol–water partition coefficient (Wildman–Crippen LogP) is 7.95. The van der Waals surface area contributed by atoms with Crippen molar-refractivity contribution >= 4 is 17.3 Å². The van der Waals surface area contributed by atoms with Crippen LogP contribution in [0.3, 0.4) is 0 Å². The first kappa shape index (κ1) is 22.7. The fourth-order valence-electron chi connectivity index (χ4n) is 4.36. The van der Waals surface area contributed by atoms with Gasteiger partial charge in [0.1, 0.15) is 10.6 Å². The number of aromatic nitrogens is 1. The Morgan fingerprint density at radius 1 is 1.03 bits per heavy atom. The van der Waals surface area contributed by atoms with Crippen molar-refractivity contribution in [3.05, 3.63) is 65.0 Å². The summed E-state index contributed by atoms with van der Waals surface area (Å²) in [6.07, 6.45) is 9.50. The second-order valence-corrected chi connectivity index (χ2v) is 10.7. The third-order valence-electron chi connectivity index (χ3n) is 6.06. The van der Waals surface area contributed by atoms with E-state index in [1.165, 1.54) is 49.7 Å². The molecule has 0 atom stereocenters. The molecule has 0 unspecified atom stereocenters. The maximum Gasteiger partial charge on any atom is 0.338 e. The van der Waals surface area contributed by atoms with Gasteiger partial charge in [0.25, 0.3) is 0 Å². The average molecular weight is 448 g/mol. The van der Waals surface area contributed by atoms with Crippen molar-refractivity contribution in [2.45, 2.75) is 71.3 Å². The first-order chi connectivity index (χ1) is 15.4. The molecule has 1 heterocycles. The molecule has 4 rings (SSSR count). The van der Waals surface area contributed by atoms with Crippen LogP contribution in [0.1, 0.15) is 75.2 Å². The van der Waals surface area contributed by atoms with Crippen LogP contribution in [-0.2, 0) is 11.2 Å². The Labute approximate surface area is 195 Å². The van der Waals surface area contributed by atoms with Crippen molar-refractivity contribution in [2.75, 3.05) is 0 Å². The molecule has 168 valence electrons. The fourth-order valence-corrected chi connectivity index (χ4v) is 5.19. The van der Waals surface area contributed by atoms with Crippen LogP contribution in [0.5, 0.6) is 0 Å². The van der Waals surface area contributed by atoms with Crippen LogP contribution in [0.15, 0.2) is 53.9 Å². The van der Waals surface area contributed by atoms with E-state index in [2.05, 4.69) is 29.6 Å². The van der Waals surface area contributed by atoms with Crippen molar-refractivity contribution < 1.29 is 9.53 Å². The van der Waals surface area contributed by atoms with Crippen LogP contribution in [0.4, 0.5) is 0 Å². The summed E-state index contributed by atoms with van der Waals surface area (Å²) in [6, 6.07) is 16.4. The molecule has 2 aromatic carbocycles. The molecule has 0 radical (unpaired) electrons. The highest BCUT2D eigenvalue weighted by atomic mass is 32.1. The average Bonchev–Trinajstić information content (AvgIpc) is 3.28. The molecule has 0 bridgehead atoms. The Morgan fingerprint density at radius 3 is 2.50 bits per heavy atom. The monoisotopic (exact) mass is 447 g/mol. The van der Waals surface area contributed by atoms with Crippen molar-refractivity contribution in [1.82, 2.24) is 4.98 Å². The second-order valence-electron chi connectivity index (χ2n) is 9.86. The molecule has 0 N–H and O–H groups in total. The normalized spacial score (nSPS) is 15.0. The lowest BCUT2D eigenvalue weighted by molar-refractivity contribution is 0.00695. The molecule has 0 saturated heterocycles. The van der Waals surface area contributed by atoms with E-state index in [4.69, 9.17) is 9.72 Å². The van der Waals surface area contributed by atoms with Gasteiger partial charge in [-0.15, -0.1) is 11.3 Å². The van der Waals surface area contributed by atoms with Gasteiger partial charge in [-0.05, 0) is 63.3 Å². The molecule has 32 heavy (non-hydrogen) atoms. The third kappa shape index (κ3) is 6.07.